The molecule has 1 amide bonds. The average Bonchev–Trinajstić information content (AvgIpc) is 3.30. The summed E-state index contributed by atoms with van der Waals surface area (Å²) in [6.45, 7) is 11.4. The Kier molecular flexibility index (Phi) is 10.5. The Morgan fingerprint density at radius 2 is 1.94 bits per heavy atom. The standard InChI is InChI=1S/C23H34FN5O4.ClH/c1-15(2)21-26-23(33-27-21)29-10-8-28(9-11-29)17(4)7-12-32-20-6-5-18(13-19(20)24)22(31)25-16(3)14-30;/h5-6,13,15-17,30H,7-12,14H2,1-4H3,(H,25,31);1H/t16-,17?;/m1./s1. The zero-order valence-corrected chi connectivity index (χ0v) is 21.0. The van der Waals surface area contributed by atoms with Crippen LogP contribution in [0.5, 0.6) is 5.75 Å². The number of aliphatic hydroxyl groups is 1. The summed E-state index contributed by atoms with van der Waals surface area (Å²) in [6, 6.07) is 4.58. The highest BCUT2D eigenvalue weighted by molar-refractivity contribution is 5.94. The number of carbonyl (C=O) groups is 1. The van der Waals surface area contributed by atoms with E-state index in [1.54, 1.807) is 6.92 Å². The van der Waals surface area contributed by atoms with Gasteiger partial charge in [0.15, 0.2) is 17.4 Å². The highest BCUT2D eigenvalue weighted by atomic mass is 35.5. The Hall–Kier alpha value is -2.43. The number of hydrogen-bond donors (Lipinski definition) is 2. The van der Waals surface area contributed by atoms with Gasteiger partial charge in [0.2, 0.25) is 0 Å². The van der Waals surface area contributed by atoms with Crippen molar-refractivity contribution >= 4 is 24.3 Å². The first-order valence-corrected chi connectivity index (χ1v) is 11.4. The van der Waals surface area contributed by atoms with Gasteiger partial charge in [-0.25, -0.2) is 4.39 Å². The third-order valence-corrected chi connectivity index (χ3v) is 5.79. The average molecular weight is 500 g/mol. The van der Waals surface area contributed by atoms with Crippen molar-refractivity contribution in [2.75, 3.05) is 44.3 Å². The highest BCUT2D eigenvalue weighted by Gasteiger charge is 2.25. The van der Waals surface area contributed by atoms with Gasteiger partial charge in [-0.3, -0.25) is 9.69 Å². The molecular weight excluding hydrogens is 465 g/mol. The number of hydrogen-bond acceptors (Lipinski definition) is 8. The second-order valence-electron chi connectivity index (χ2n) is 8.80. The predicted octanol–water partition coefficient (Wildman–Crippen LogP) is 2.84. The predicted molar refractivity (Wildman–Crippen MR) is 129 cm³/mol. The van der Waals surface area contributed by atoms with E-state index in [9.17, 15) is 9.18 Å². The van der Waals surface area contributed by atoms with Crippen LogP contribution in [0.25, 0.3) is 0 Å². The summed E-state index contributed by atoms with van der Waals surface area (Å²) in [7, 11) is 0. The van der Waals surface area contributed by atoms with Crippen LogP contribution in [-0.4, -0.2) is 77.5 Å². The number of anilines is 1. The minimum atomic E-state index is -0.583. The smallest absolute Gasteiger partial charge is 0.324 e. The van der Waals surface area contributed by atoms with Gasteiger partial charge in [-0.2, -0.15) is 4.98 Å². The number of ether oxygens (including phenoxy) is 1. The molecule has 1 aliphatic rings. The van der Waals surface area contributed by atoms with Gasteiger partial charge >= 0.3 is 6.01 Å². The van der Waals surface area contributed by atoms with Crippen LogP contribution < -0.4 is 15.0 Å². The fraction of sp³-hybridized carbons (Fsp3) is 0.609. The van der Waals surface area contributed by atoms with E-state index < -0.39 is 17.8 Å². The molecule has 190 valence electrons. The molecule has 2 atom stereocenters. The molecule has 34 heavy (non-hydrogen) atoms. The maximum Gasteiger partial charge on any atom is 0.324 e. The van der Waals surface area contributed by atoms with Crippen LogP contribution in [0.1, 0.15) is 56.2 Å². The molecule has 0 radical (unpaired) electrons. The summed E-state index contributed by atoms with van der Waals surface area (Å²) in [5.41, 5.74) is 0.188. The molecular formula is C23H35ClFN5O4. The van der Waals surface area contributed by atoms with Crippen molar-refractivity contribution in [1.29, 1.82) is 0 Å². The van der Waals surface area contributed by atoms with E-state index in [4.69, 9.17) is 14.4 Å². The fourth-order valence-electron chi connectivity index (χ4n) is 3.58. The molecule has 1 saturated heterocycles. The summed E-state index contributed by atoms with van der Waals surface area (Å²) < 4.78 is 25.4. The van der Waals surface area contributed by atoms with Crippen LogP contribution >= 0.6 is 12.4 Å². The Labute approximate surface area is 206 Å². The van der Waals surface area contributed by atoms with Crippen molar-refractivity contribution in [1.82, 2.24) is 20.4 Å². The lowest BCUT2D eigenvalue weighted by Crippen LogP contribution is -2.50. The van der Waals surface area contributed by atoms with Crippen LogP contribution in [0.2, 0.25) is 0 Å². The normalized spacial score (nSPS) is 16.1. The molecule has 1 fully saturated rings. The monoisotopic (exact) mass is 499 g/mol. The number of aromatic nitrogens is 2. The highest BCUT2D eigenvalue weighted by Crippen LogP contribution is 2.21. The van der Waals surface area contributed by atoms with Gasteiger partial charge in [0.25, 0.3) is 5.91 Å². The van der Waals surface area contributed by atoms with Gasteiger partial charge < -0.3 is 24.6 Å². The summed E-state index contributed by atoms with van der Waals surface area (Å²) in [5.74, 6) is 0.0586. The molecule has 11 heteroatoms. The molecule has 1 aromatic heterocycles. The van der Waals surface area contributed by atoms with Gasteiger partial charge in [-0.1, -0.05) is 19.0 Å². The van der Waals surface area contributed by atoms with E-state index >= 15 is 0 Å². The quantitative estimate of drug-likeness (QED) is 0.514. The molecule has 0 saturated carbocycles. The first-order chi connectivity index (χ1) is 15.8. The Morgan fingerprint density at radius 3 is 2.53 bits per heavy atom. The zero-order valence-electron chi connectivity index (χ0n) is 20.2. The van der Waals surface area contributed by atoms with E-state index in [-0.39, 0.29) is 42.3 Å². The molecule has 2 aromatic rings. The van der Waals surface area contributed by atoms with Crippen LogP contribution in [0.15, 0.2) is 22.7 Å². The van der Waals surface area contributed by atoms with Gasteiger partial charge in [0.05, 0.1) is 13.2 Å². The lowest BCUT2D eigenvalue weighted by atomic mass is 10.1. The second-order valence-corrected chi connectivity index (χ2v) is 8.80. The summed E-state index contributed by atoms with van der Waals surface area (Å²) in [5, 5.41) is 15.6. The molecule has 3 rings (SSSR count). The SMILES string of the molecule is CC(C)c1noc(N2CCN(C(C)CCOc3ccc(C(=O)N[C@H](C)CO)cc3F)CC2)n1.Cl. The second kappa shape index (κ2) is 12.9. The van der Waals surface area contributed by atoms with Crippen molar-refractivity contribution in [3.8, 4) is 5.75 Å². The first-order valence-electron chi connectivity index (χ1n) is 11.4. The summed E-state index contributed by atoms with van der Waals surface area (Å²) in [6.07, 6.45) is 0.744. The number of rotatable bonds is 10. The van der Waals surface area contributed by atoms with Crippen molar-refractivity contribution < 1.29 is 23.6 Å². The minimum absolute atomic E-state index is 0. The largest absolute Gasteiger partial charge is 0.490 e. The number of nitrogens with one attached hydrogen (secondary N) is 1. The lowest BCUT2D eigenvalue weighted by molar-refractivity contribution is 0.0921. The first kappa shape index (κ1) is 27.8. The van der Waals surface area contributed by atoms with Crippen LogP contribution in [0.3, 0.4) is 0 Å². The van der Waals surface area contributed by atoms with Gasteiger partial charge in [-0.15, -0.1) is 12.4 Å². The Morgan fingerprint density at radius 1 is 1.24 bits per heavy atom. The van der Waals surface area contributed by atoms with Crippen molar-refractivity contribution in [2.45, 2.75) is 52.1 Å². The van der Waals surface area contributed by atoms with Crippen molar-refractivity contribution in [3.05, 3.63) is 35.4 Å². The van der Waals surface area contributed by atoms with E-state index in [0.717, 1.165) is 44.5 Å². The van der Waals surface area contributed by atoms with E-state index in [2.05, 4.69) is 32.2 Å². The van der Waals surface area contributed by atoms with Crippen LogP contribution in [0, 0.1) is 5.82 Å². The molecule has 1 aliphatic heterocycles. The summed E-state index contributed by atoms with van der Waals surface area (Å²) in [4.78, 5) is 21.0. The minimum Gasteiger partial charge on any atom is -0.490 e. The zero-order chi connectivity index (χ0) is 24.0. The number of halogens is 2. The van der Waals surface area contributed by atoms with E-state index in [0.29, 0.717) is 12.6 Å². The topological polar surface area (TPSA) is 104 Å². The lowest BCUT2D eigenvalue weighted by Gasteiger charge is -2.37. The summed E-state index contributed by atoms with van der Waals surface area (Å²) >= 11 is 0. The van der Waals surface area contributed by atoms with Gasteiger partial charge in [0, 0.05) is 49.7 Å². The third-order valence-electron chi connectivity index (χ3n) is 5.79. The number of piperazine rings is 1. The number of nitrogens with zero attached hydrogens (tertiary/aromatic N) is 4. The van der Waals surface area contributed by atoms with Gasteiger partial charge in [0.1, 0.15) is 0 Å². The molecule has 1 aromatic carbocycles. The molecule has 0 bridgehead atoms. The maximum absolute atomic E-state index is 14.4. The third kappa shape index (κ3) is 7.28. The van der Waals surface area contributed by atoms with Crippen molar-refractivity contribution in [2.24, 2.45) is 0 Å². The number of benzene rings is 1. The molecule has 0 spiro atoms. The molecule has 2 N–H and O–H groups in total. The Bertz CT molecular complexity index is 921. The van der Waals surface area contributed by atoms with E-state index in [1.807, 2.05) is 13.8 Å². The Balaban J connectivity index is 0.00000408. The fourth-order valence-corrected chi connectivity index (χ4v) is 3.58. The van der Waals surface area contributed by atoms with E-state index in [1.165, 1.54) is 12.1 Å². The molecule has 1 unspecified atom stereocenters. The van der Waals surface area contributed by atoms with Gasteiger partial charge in [-0.05, 0) is 38.5 Å². The molecule has 9 nitrogen and oxygen atoms in total. The number of amides is 1. The number of aliphatic hydroxyl groups excluding tert-OH is 1. The van der Waals surface area contributed by atoms with Crippen LogP contribution in [-0.2, 0) is 0 Å². The molecule has 0 aliphatic carbocycles. The van der Waals surface area contributed by atoms with Crippen molar-refractivity contribution in [3.63, 3.8) is 0 Å². The maximum atomic E-state index is 14.4. The molecule has 2 heterocycles. The number of carbonyl (C=O) groups excluding carboxylic acids is 1. The van der Waals surface area contributed by atoms with Crippen LogP contribution in [0.4, 0.5) is 10.4 Å².